The zero-order valence-corrected chi connectivity index (χ0v) is 30.5. The first-order valence-electron chi connectivity index (χ1n) is 18.8. The van der Waals surface area contributed by atoms with Crippen LogP contribution in [0.5, 0.6) is 0 Å². The van der Waals surface area contributed by atoms with Gasteiger partial charge in [-0.05, 0) is 60.8 Å². The summed E-state index contributed by atoms with van der Waals surface area (Å²) in [6, 6.07) is 15.9. The average molecular weight is 721 g/mol. The fourth-order valence-corrected chi connectivity index (χ4v) is 7.71. The van der Waals surface area contributed by atoms with Crippen LogP contribution < -0.4 is 16.0 Å². The van der Waals surface area contributed by atoms with Crippen LogP contribution in [0.2, 0.25) is 0 Å². The molecule has 2 aromatic carbocycles. The molecule has 53 heavy (non-hydrogen) atoms. The number of nitrogens with one attached hydrogen (secondary N) is 5. The second-order valence-electron chi connectivity index (χ2n) is 14.6. The maximum atomic E-state index is 13.8. The van der Waals surface area contributed by atoms with Crippen LogP contribution in [0.25, 0.3) is 33.6 Å². The number of hydrogen-bond acceptors (Lipinski definition) is 10. The van der Waals surface area contributed by atoms with Crippen molar-refractivity contribution >= 4 is 17.8 Å². The predicted octanol–water partition coefficient (Wildman–Crippen LogP) is 4.30. The van der Waals surface area contributed by atoms with Crippen molar-refractivity contribution in [3.8, 4) is 33.6 Å². The number of amides is 2. The van der Waals surface area contributed by atoms with Crippen molar-refractivity contribution in [2.45, 2.75) is 77.0 Å². The predicted molar refractivity (Wildman–Crippen MR) is 200 cm³/mol. The van der Waals surface area contributed by atoms with Crippen LogP contribution in [0.4, 0.5) is 0 Å². The first-order chi connectivity index (χ1) is 25.8. The van der Waals surface area contributed by atoms with E-state index in [2.05, 4.69) is 93.3 Å². The minimum Gasteiger partial charge on any atom is -0.355 e. The minimum absolute atomic E-state index is 0.0111. The zero-order valence-electron chi connectivity index (χ0n) is 30.5. The summed E-state index contributed by atoms with van der Waals surface area (Å²) in [5.74, 6) is 2.53. The highest BCUT2D eigenvalue weighted by atomic mass is 16.9. The van der Waals surface area contributed by atoms with Crippen LogP contribution in [0, 0.1) is 5.92 Å². The highest BCUT2D eigenvalue weighted by molar-refractivity contribution is 5.90. The minimum atomic E-state index is -0.523. The summed E-state index contributed by atoms with van der Waals surface area (Å²) in [7, 11) is 0. The van der Waals surface area contributed by atoms with Gasteiger partial charge in [-0.3, -0.25) is 19.9 Å². The summed E-state index contributed by atoms with van der Waals surface area (Å²) in [4.78, 5) is 51.7. The quantitative estimate of drug-likeness (QED) is 0.152. The molecule has 8 rings (SSSR count). The monoisotopic (exact) mass is 720 g/mol. The van der Waals surface area contributed by atoms with Crippen LogP contribution in [-0.4, -0.2) is 99.0 Å². The molecular weight excluding hydrogens is 672 g/mol. The first kappa shape index (κ1) is 35.0. The van der Waals surface area contributed by atoms with E-state index in [9.17, 15) is 9.59 Å². The summed E-state index contributed by atoms with van der Waals surface area (Å²) in [6.45, 7) is 9.13. The van der Waals surface area contributed by atoms with Gasteiger partial charge in [0.2, 0.25) is 18.2 Å². The van der Waals surface area contributed by atoms with Crippen LogP contribution in [0.1, 0.15) is 70.2 Å². The van der Waals surface area contributed by atoms with E-state index in [1.165, 1.54) is 0 Å². The molecular formula is C39H48N10O4. The number of benzene rings is 2. The SMILES string of the molecule is CC(C)[C@@H](NC1=NCCN1)C(=O)N1CCC[C@H]1c1ncc(-c2ccc(-c3ccc(-c4cnc([C@@H]5CCCN5C(=O)[C@H](C)NC5OCO5)[nH]4)cc3)cc2)[nH]1. The third-order valence-electron chi connectivity index (χ3n) is 10.7. The smallest absolute Gasteiger partial charge is 0.246 e. The molecule has 6 heterocycles. The molecule has 3 fully saturated rings. The number of aromatic amines is 2. The Balaban J connectivity index is 0.903. The van der Waals surface area contributed by atoms with E-state index in [0.717, 1.165) is 84.1 Å². The van der Waals surface area contributed by atoms with Crippen LogP contribution in [0.3, 0.4) is 0 Å². The van der Waals surface area contributed by atoms with Crippen molar-refractivity contribution in [3.05, 3.63) is 72.6 Å². The van der Waals surface area contributed by atoms with E-state index in [-0.39, 0.29) is 42.7 Å². The van der Waals surface area contributed by atoms with Gasteiger partial charge in [-0.2, -0.15) is 0 Å². The maximum absolute atomic E-state index is 13.8. The summed E-state index contributed by atoms with van der Waals surface area (Å²) >= 11 is 0. The lowest BCUT2D eigenvalue weighted by molar-refractivity contribution is -0.334. The molecule has 2 aromatic heterocycles. The number of guanidine groups is 1. The lowest BCUT2D eigenvalue weighted by atomic mass is 10.0. The van der Waals surface area contributed by atoms with Gasteiger partial charge in [0.15, 0.2) is 12.8 Å². The van der Waals surface area contributed by atoms with Crippen molar-refractivity contribution in [3.63, 3.8) is 0 Å². The van der Waals surface area contributed by atoms with Gasteiger partial charge in [0.05, 0.1) is 48.5 Å². The van der Waals surface area contributed by atoms with E-state index in [0.29, 0.717) is 19.0 Å². The Morgan fingerprint density at radius 1 is 0.774 bits per heavy atom. The fourth-order valence-electron chi connectivity index (χ4n) is 7.71. The molecule has 0 radical (unpaired) electrons. The van der Waals surface area contributed by atoms with Gasteiger partial charge < -0.3 is 39.9 Å². The number of rotatable bonds is 11. The molecule has 14 nitrogen and oxygen atoms in total. The van der Waals surface area contributed by atoms with Crippen LogP contribution in [-0.2, 0) is 19.1 Å². The van der Waals surface area contributed by atoms with Crippen molar-refractivity contribution < 1.29 is 19.1 Å². The zero-order chi connectivity index (χ0) is 36.5. The molecule has 4 aromatic rings. The molecule has 0 aliphatic carbocycles. The molecule has 5 N–H and O–H groups in total. The highest BCUT2D eigenvalue weighted by Crippen LogP contribution is 2.35. The van der Waals surface area contributed by atoms with Gasteiger partial charge in [0.1, 0.15) is 17.7 Å². The number of imidazole rings is 2. The number of aliphatic imine (C=N–C) groups is 1. The summed E-state index contributed by atoms with van der Waals surface area (Å²) in [5, 5.41) is 9.64. The van der Waals surface area contributed by atoms with Crippen molar-refractivity contribution in [2.24, 2.45) is 10.9 Å². The van der Waals surface area contributed by atoms with E-state index in [1.807, 2.05) is 29.1 Å². The number of H-pyrrole nitrogens is 2. The Bertz CT molecular complexity index is 1930. The van der Waals surface area contributed by atoms with Crippen molar-refractivity contribution in [1.29, 1.82) is 0 Å². The maximum Gasteiger partial charge on any atom is 0.246 e. The van der Waals surface area contributed by atoms with Gasteiger partial charge in [-0.25, -0.2) is 9.97 Å². The van der Waals surface area contributed by atoms with E-state index < -0.39 is 12.5 Å². The Labute approximate surface area is 309 Å². The van der Waals surface area contributed by atoms with Gasteiger partial charge >= 0.3 is 0 Å². The molecule has 14 heteroatoms. The molecule has 0 unspecified atom stereocenters. The highest BCUT2D eigenvalue weighted by Gasteiger charge is 2.38. The third-order valence-corrected chi connectivity index (χ3v) is 10.7. The summed E-state index contributed by atoms with van der Waals surface area (Å²) in [5.41, 5.74) is 6.11. The number of carbonyl (C=O) groups excluding carboxylic acids is 2. The topological polar surface area (TPSA) is 165 Å². The number of likely N-dealkylation sites (tertiary alicyclic amines) is 2. The Morgan fingerprint density at radius 3 is 1.77 bits per heavy atom. The van der Waals surface area contributed by atoms with Gasteiger partial charge in [0.25, 0.3) is 0 Å². The normalized spacial score (nSPS) is 21.4. The molecule has 4 atom stereocenters. The Morgan fingerprint density at radius 2 is 1.30 bits per heavy atom. The van der Waals surface area contributed by atoms with E-state index in [4.69, 9.17) is 19.4 Å². The summed E-state index contributed by atoms with van der Waals surface area (Å²) in [6.07, 6.45) is 6.80. The molecule has 278 valence electrons. The lowest BCUT2D eigenvalue weighted by Gasteiger charge is -2.32. The molecule has 2 amide bonds. The molecule has 4 aliphatic heterocycles. The largest absolute Gasteiger partial charge is 0.355 e. The van der Waals surface area contributed by atoms with Crippen molar-refractivity contribution in [2.75, 3.05) is 33.0 Å². The number of nitrogens with zero attached hydrogens (tertiary/aromatic N) is 5. The molecule has 0 bridgehead atoms. The number of hydrogen-bond donors (Lipinski definition) is 5. The second kappa shape index (κ2) is 15.1. The van der Waals surface area contributed by atoms with E-state index in [1.54, 1.807) is 0 Å². The summed E-state index contributed by atoms with van der Waals surface area (Å²) < 4.78 is 10.5. The van der Waals surface area contributed by atoms with Gasteiger partial charge in [0, 0.05) is 19.6 Å². The molecule has 3 saturated heterocycles. The second-order valence-corrected chi connectivity index (χ2v) is 14.6. The fraction of sp³-hybridized carbons (Fsp3) is 0.462. The Kier molecular flexibility index (Phi) is 9.99. The van der Waals surface area contributed by atoms with Crippen molar-refractivity contribution in [1.82, 2.24) is 45.7 Å². The van der Waals surface area contributed by atoms with Crippen LogP contribution >= 0.6 is 0 Å². The lowest BCUT2D eigenvalue weighted by Crippen LogP contribution is -2.53. The number of ether oxygens (including phenoxy) is 2. The average Bonchev–Trinajstić information content (AvgIpc) is 4.00. The first-order valence-corrected chi connectivity index (χ1v) is 18.8. The van der Waals surface area contributed by atoms with Gasteiger partial charge in [-0.15, -0.1) is 0 Å². The molecule has 0 spiro atoms. The molecule has 0 saturated carbocycles. The number of aromatic nitrogens is 4. The van der Waals surface area contributed by atoms with Crippen LogP contribution in [0.15, 0.2) is 65.9 Å². The third kappa shape index (κ3) is 7.31. The van der Waals surface area contributed by atoms with Gasteiger partial charge in [-0.1, -0.05) is 62.4 Å². The van der Waals surface area contributed by atoms with E-state index >= 15 is 0 Å². The Hall–Kier alpha value is -5.05. The number of carbonyl (C=O) groups is 2. The standard InChI is InChI=1S/C39H48N10O4/c1-23(2)33(47-38-40-16-17-41-38)37(51)49-19-5-7-32(49)35-43-21-30(46-35)28-14-10-26(11-15-28)25-8-12-27(13-9-25)29-20-42-34(45-29)31-6-4-18-48(31)36(50)24(3)44-39-52-22-53-39/h8-15,20-21,23-24,31-33,39,44H,4-7,16-19,22H2,1-3H3,(H,42,45)(H,43,46)(H2,40,41,47)/t24-,31-,32-,33+/m0/s1. The molecule has 4 aliphatic rings.